The van der Waals surface area contributed by atoms with E-state index in [0.717, 1.165) is 16.7 Å². The lowest BCUT2D eigenvalue weighted by Gasteiger charge is -2.24. The minimum atomic E-state index is -5.08. The zero-order valence-electron chi connectivity index (χ0n) is 19.1. The molecule has 0 aliphatic heterocycles. The molecule has 13 nitrogen and oxygen atoms in total. The molecule has 2 rings (SSSR count). The number of oxime groups is 1. The summed E-state index contributed by atoms with van der Waals surface area (Å²) in [7, 11) is -4.42. The predicted octanol–water partition coefficient (Wildman–Crippen LogP) is 0.350. The number of nitrogens with one attached hydrogen (secondary N) is 1. The van der Waals surface area contributed by atoms with Crippen molar-refractivity contribution < 1.29 is 45.5 Å². The van der Waals surface area contributed by atoms with Gasteiger partial charge in [-0.25, -0.2) is 17.6 Å². The number of carboxylic acids is 1. The molecule has 0 aliphatic rings. The SMILES string of the molecule is Cc1ccc(NS(=O)(=O)c2ccccc2F)c(=O)n1C(C(N)=O)C(C)ON=C(N)N.O=C(O)C(F)(F)F. The number of hydrogen-bond donors (Lipinski definition) is 5. The number of aromatic nitrogens is 1. The van der Waals surface area contributed by atoms with Gasteiger partial charge in [0.05, 0.1) is 0 Å². The average Bonchev–Trinajstić information content (AvgIpc) is 2.76. The van der Waals surface area contributed by atoms with Crippen LogP contribution in [-0.2, 0) is 24.4 Å². The lowest BCUT2D eigenvalue weighted by atomic mass is 10.1. The Morgan fingerprint density at radius 1 is 1.14 bits per heavy atom. The Morgan fingerprint density at radius 3 is 2.14 bits per heavy atom. The number of pyridine rings is 1. The zero-order chi connectivity index (χ0) is 28.7. The number of anilines is 1. The molecule has 204 valence electrons. The van der Waals surface area contributed by atoms with Gasteiger partial charge in [0, 0.05) is 5.69 Å². The second-order valence-corrected chi connectivity index (χ2v) is 8.73. The fourth-order valence-corrected chi connectivity index (χ4v) is 3.84. The molecule has 0 radical (unpaired) electrons. The third kappa shape index (κ3) is 8.37. The van der Waals surface area contributed by atoms with E-state index in [2.05, 4.69) is 5.16 Å². The summed E-state index contributed by atoms with van der Waals surface area (Å²) in [5, 5.41) is 10.5. The monoisotopic (exact) mass is 554 g/mol. The maximum absolute atomic E-state index is 13.9. The van der Waals surface area contributed by atoms with Gasteiger partial charge in [0.1, 0.15) is 16.4 Å². The van der Waals surface area contributed by atoms with Crippen molar-refractivity contribution in [3.8, 4) is 0 Å². The van der Waals surface area contributed by atoms with Crippen LogP contribution in [0.5, 0.6) is 0 Å². The third-order valence-corrected chi connectivity index (χ3v) is 5.67. The number of halogens is 4. The molecule has 2 atom stereocenters. The molecule has 2 unspecified atom stereocenters. The molecule has 0 bridgehead atoms. The molecule has 37 heavy (non-hydrogen) atoms. The number of guanidine groups is 1. The van der Waals surface area contributed by atoms with Gasteiger partial charge < -0.3 is 27.1 Å². The van der Waals surface area contributed by atoms with Gasteiger partial charge in [-0.15, -0.1) is 0 Å². The van der Waals surface area contributed by atoms with Gasteiger partial charge in [-0.2, -0.15) is 13.2 Å². The summed E-state index contributed by atoms with van der Waals surface area (Å²) >= 11 is 0. The van der Waals surface area contributed by atoms with E-state index in [9.17, 15) is 35.6 Å². The Hall–Kier alpha value is -4.35. The van der Waals surface area contributed by atoms with Crippen molar-refractivity contribution in [2.75, 3.05) is 4.72 Å². The molecule has 0 saturated heterocycles. The van der Waals surface area contributed by atoms with Gasteiger partial charge in [0.15, 0.2) is 12.1 Å². The van der Waals surface area contributed by atoms with Crippen molar-refractivity contribution in [1.29, 1.82) is 0 Å². The van der Waals surface area contributed by atoms with Crippen LogP contribution >= 0.6 is 0 Å². The number of carboxylic acid groups (broad SMARTS) is 1. The summed E-state index contributed by atoms with van der Waals surface area (Å²) < 4.78 is 73.7. The van der Waals surface area contributed by atoms with Crippen LogP contribution in [0.25, 0.3) is 0 Å². The molecule has 1 aromatic heterocycles. The molecule has 2 aromatic rings. The molecule has 0 aliphatic carbocycles. The minimum Gasteiger partial charge on any atom is -0.475 e. The predicted molar refractivity (Wildman–Crippen MR) is 121 cm³/mol. The molecular formula is C19H22F4N6O7S. The molecule has 18 heteroatoms. The average molecular weight is 554 g/mol. The number of nitrogens with zero attached hydrogens (tertiary/aromatic N) is 2. The second-order valence-electron chi connectivity index (χ2n) is 7.08. The van der Waals surface area contributed by atoms with E-state index in [4.69, 9.17) is 31.9 Å². The van der Waals surface area contributed by atoms with Crippen LogP contribution in [0.3, 0.4) is 0 Å². The van der Waals surface area contributed by atoms with Crippen LogP contribution in [0.4, 0.5) is 23.2 Å². The van der Waals surface area contributed by atoms with Crippen molar-refractivity contribution >= 4 is 33.5 Å². The number of sulfonamides is 1. The van der Waals surface area contributed by atoms with Crippen LogP contribution in [0, 0.1) is 12.7 Å². The number of rotatable bonds is 8. The van der Waals surface area contributed by atoms with Crippen molar-refractivity contribution in [2.24, 2.45) is 22.4 Å². The van der Waals surface area contributed by atoms with Crippen LogP contribution in [0.15, 0.2) is 51.2 Å². The first-order chi connectivity index (χ1) is 16.9. The largest absolute Gasteiger partial charge is 0.490 e. The second kappa shape index (κ2) is 12.1. The van der Waals surface area contributed by atoms with Crippen molar-refractivity contribution in [3.05, 3.63) is 58.3 Å². The number of nitrogens with two attached hydrogens (primary N) is 3. The molecule has 1 amide bonds. The number of benzene rings is 1. The number of primary amides is 1. The number of carbonyl (C=O) groups is 2. The summed E-state index contributed by atoms with van der Waals surface area (Å²) in [6.07, 6.45) is -6.17. The topological polar surface area (TPSA) is 222 Å². The fraction of sp³-hybridized carbons (Fsp3) is 0.263. The Balaban J connectivity index is 0.000000856. The van der Waals surface area contributed by atoms with Crippen LogP contribution in [0.2, 0.25) is 0 Å². The summed E-state index contributed by atoms with van der Waals surface area (Å²) in [4.78, 5) is 38.3. The standard InChI is InChI=1S/C17H21FN6O5S.C2HF3O2/c1-9-7-8-12(23-30(27,28)13-6-4-3-5-11(13)18)16(26)24(9)14(15(19)25)10(2)29-22-17(20)21;3-2(4,5)1(6)7/h3-8,10,14,23H,1-2H3,(H2,19,25)(H4,20,21,22);(H,6,7). The van der Waals surface area contributed by atoms with E-state index >= 15 is 0 Å². The lowest BCUT2D eigenvalue weighted by Crippen LogP contribution is -2.42. The molecule has 0 saturated carbocycles. The van der Waals surface area contributed by atoms with Gasteiger partial charge in [-0.05, 0) is 43.3 Å². The van der Waals surface area contributed by atoms with Gasteiger partial charge >= 0.3 is 12.1 Å². The van der Waals surface area contributed by atoms with E-state index in [1.807, 2.05) is 4.72 Å². The van der Waals surface area contributed by atoms with E-state index in [1.165, 1.54) is 38.1 Å². The van der Waals surface area contributed by atoms with Crippen molar-refractivity contribution in [2.45, 2.75) is 37.1 Å². The maximum Gasteiger partial charge on any atom is 0.490 e. The highest BCUT2D eigenvalue weighted by Crippen LogP contribution is 2.20. The fourth-order valence-electron chi connectivity index (χ4n) is 2.70. The van der Waals surface area contributed by atoms with Gasteiger partial charge in [-0.1, -0.05) is 12.1 Å². The zero-order valence-corrected chi connectivity index (χ0v) is 19.9. The molecule has 0 fully saturated rings. The van der Waals surface area contributed by atoms with Gasteiger partial charge in [0.25, 0.3) is 15.6 Å². The van der Waals surface area contributed by atoms with Crippen molar-refractivity contribution in [1.82, 2.24) is 4.57 Å². The number of aryl methyl sites for hydroxylation is 1. The highest BCUT2D eigenvalue weighted by molar-refractivity contribution is 7.92. The highest BCUT2D eigenvalue weighted by Gasteiger charge is 2.38. The smallest absolute Gasteiger partial charge is 0.475 e. The van der Waals surface area contributed by atoms with Crippen LogP contribution < -0.4 is 27.5 Å². The maximum atomic E-state index is 13.9. The third-order valence-electron chi connectivity index (χ3n) is 4.27. The van der Waals surface area contributed by atoms with E-state index < -0.39 is 68.1 Å². The normalized spacial score (nSPS) is 12.8. The summed E-state index contributed by atoms with van der Waals surface area (Å²) in [5.41, 5.74) is 14.7. The number of amides is 1. The first-order valence-corrected chi connectivity index (χ1v) is 11.2. The quantitative estimate of drug-likeness (QED) is 0.131. The number of aliphatic carboxylic acids is 1. The minimum absolute atomic E-state index is 0.276. The Bertz CT molecular complexity index is 1340. The first kappa shape index (κ1) is 30.7. The molecule has 8 N–H and O–H groups in total. The Labute approximate surface area is 206 Å². The molecule has 1 aromatic carbocycles. The molecular weight excluding hydrogens is 532 g/mol. The lowest BCUT2D eigenvalue weighted by molar-refractivity contribution is -0.192. The summed E-state index contributed by atoms with van der Waals surface area (Å²) in [5.74, 6) is -5.12. The van der Waals surface area contributed by atoms with Crippen LogP contribution in [-0.4, -0.2) is 48.2 Å². The number of hydrogen-bond acceptors (Lipinski definition) is 7. The first-order valence-electron chi connectivity index (χ1n) is 9.73. The van der Waals surface area contributed by atoms with Crippen LogP contribution in [0.1, 0.15) is 18.7 Å². The number of carbonyl (C=O) groups excluding carboxylic acids is 1. The van der Waals surface area contributed by atoms with E-state index in [1.54, 1.807) is 0 Å². The Morgan fingerprint density at radius 2 is 1.68 bits per heavy atom. The van der Waals surface area contributed by atoms with E-state index in [0.29, 0.717) is 0 Å². The highest BCUT2D eigenvalue weighted by atomic mass is 32.2. The van der Waals surface area contributed by atoms with E-state index in [-0.39, 0.29) is 5.69 Å². The van der Waals surface area contributed by atoms with Crippen molar-refractivity contribution in [3.63, 3.8) is 0 Å². The summed E-state index contributed by atoms with van der Waals surface area (Å²) in [6, 6.07) is 5.85. The molecule has 1 heterocycles. The van der Waals surface area contributed by atoms with Gasteiger partial charge in [0.2, 0.25) is 11.9 Å². The molecule has 0 spiro atoms. The summed E-state index contributed by atoms with van der Waals surface area (Å²) in [6.45, 7) is 2.89. The Kier molecular flexibility index (Phi) is 10.0. The van der Waals surface area contributed by atoms with Gasteiger partial charge in [-0.3, -0.25) is 18.9 Å². The number of alkyl halides is 3.